The fourth-order valence-electron chi connectivity index (χ4n) is 3.40. The number of epoxide rings is 1. The number of rotatable bonds is 4. The zero-order valence-electron chi connectivity index (χ0n) is 13.6. The summed E-state index contributed by atoms with van der Waals surface area (Å²) in [5.74, 6) is 0.765. The molecule has 25 heavy (non-hydrogen) atoms. The average Bonchev–Trinajstić information content (AvgIpc) is 3.28. The van der Waals surface area contributed by atoms with Crippen molar-refractivity contribution in [1.29, 1.82) is 0 Å². The summed E-state index contributed by atoms with van der Waals surface area (Å²) in [6.45, 7) is 1.70. The molecule has 5 rings (SSSR count). The van der Waals surface area contributed by atoms with Gasteiger partial charge in [0.15, 0.2) is 0 Å². The lowest BCUT2D eigenvalue weighted by Gasteiger charge is -2.15. The number of hydroxylamine groups is 1. The van der Waals surface area contributed by atoms with Gasteiger partial charge in [-0.2, -0.15) is 0 Å². The van der Waals surface area contributed by atoms with Gasteiger partial charge in [0, 0.05) is 22.9 Å². The maximum atomic E-state index is 12.4. The monoisotopic (exact) mass is 334 g/mol. The number of quaternary nitrogens is 1. The Balaban J connectivity index is 1.54. The first-order valence-corrected chi connectivity index (χ1v) is 8.47. The van der Waals surface area contributed by atoms with Crippen LogP contribution in [0.25, 0.3) is 22.6 Å². The number of H-pyrrole nitrogens is 1. The van der Waals surface area contributed by atoms with Gasteiger partial charge < -0.3 is 24.7 Å². The minimum atomic E-state index is 0.144. The molecule has 5 heteroatoms. The predicted molar refractivity (Wildman–Crippen MR) is 96.7 cm³/mol. The first kappa shape index (κ1) is 14.7. The van der Waals surface area contributed by atoms with E-state index in [2.05, 4.69) is 29.3 Å². The maximum absolute atomic E-state index is 12.4. The quantitative estimate of drug-likeness (QED) is 0.569. The molecule has 2 aliphatic rings. The Bertz CT molecular complexity index is 939. The number of hydrogen-bond acceptors (Lipinski definition) is 3. The van der Waals surface area contributed by atoms with Gasteiger partial charge in [0.05, 0.1) is 12.2 Å². The second-order valence-corrected chi connectivity index (χ2v) is 6.53. The molecule has 0 bridgehead atoms. The largest absolute Gasteiger partial charge is 0.629 e. The minimum absolute atomic E-state index is 0.144. The van der Waals surface area contributed by atoms with Gasteiger partial charge in [-0.25, -0.2) is 0 Å². The molecular weight excluding hydrogens is 316 g/mol. The van der Waals surface area contributed by atoms with Crippen LogP contribution >= 0.6 is 0 Å². The van der Waals surface area contributed by atoms with Crippen LogP contribution in [-0.4, -0.2) is 30.8 Å². The Labute approximate surface area is 145 Å². The number of ether oxygens (including phenoxy) is 2. The molecule has 2 unspecified atom stereocenters. The van der Waals surface area contributed by atoms with Crippen LogP contribution in [0.1, 0.15) is 11.3 Å². The average molecular weight is 334 g/mol. The Morgan fingerprint density at radius 2 is 2.12 bits per heavy atom. The SMILES string of the molecule is [O-][NH+]1CC(=Cc2cc3ccccc3[nH]2)c2c(OCC3CO3)cccc21. The smallest absolute Gasteiger partial charge is 0.143 e. The van der Waals surface area contributed by atoms with Crippen LogP contribution in [0.2, 0.25) is 0 Å². The molecule has 3 heterocycles. The van der Waals surface area contributed by atoms with Gasteiger partial charge in [0.25, 0.3) is 0 Å². The third-order valence-corrected chi connectivity index (χ3v) is 4.71. The van der Waals surface area contributed by atoms with E-state index in [-0.39, 0.29) is 11.2 Å². The Morgan fingerprint density at radius 1 is 1.24 bits per heavy atom. The number of fused-ring (bicyclic) bond motifs is 2. The highest BCUT2D eigenvalue weighted by Crippen LogP contribution is 2.36. The van der Waals surface area contributed by atoms with Crippen molar-refractivity contribution in [3.05, 3.63) is 65.0 Å². The van der Waals surface area contributed by atoms with E-state index in [4.69, 9.17) is 9.47 Å². The lowest BCUT2D eigenvalue weighted by Crippen LogP contribution is -3.00. The molecule has 0 spiro atoms. The van der Waals surface area contributed by atoms with Gasteiger partial charge >= 0.3 is 0 Å². The summed E-state index contributed by atoms with van der Waals surface area (Å²) >= 11 is 0. The van der Waals surface area contributed by atoms with Gasteiger partial charge in [0.2, 0.25) is 0 Å². The van der Waals surface area contributed by atoms with Crippen molar-refractivity contribution >= 4 is 28.2 Å². The zero-order valence-corrected chi connectivity index (χ0v) is 13.6. The van der Waals surface area contributed by atoms with Crippen LogP contribution in [0.3, 0.4) is 0 Å². The van der Waals surface area contributed by atoms with Crippen molar-refractivity contribution in [2.45, 2.75) is 6.10 Å². The Kier molecular flexibility index (Phi) is 3.38. The van der Waals surface area contributed by atoms with Crippen molar-refractivity contribution in [3.63, 3.8) is 0 Å². The molecule has 126 valence electrons. The van der Waals surface area contributed by atoms with E-state index >= 15 is 0 Å². The minimum Gasteiger partial charge on any atom is -0.629 e. The van der Waals surface area contributed by atoms with Crippen LogP contribution < -0.4 is 9.80 Å². The van der Waals surface area contributed by atoms with E-state index < -0.39 is 0 Å². The maximum Gasteiger partial charge on any atom is 0.143 e. The number of aromatic amines is 1. The number of nitrogens with one attached hydrogen (secondary N) is 2. The molecule has 2 aliphatic heterocycles. The Hall–Kier alpha value is -2.60. The van der Waals surface area contributed by atoms with Gasteiger partial charge in [-0.05, 0) is 29.7 Å². The second kappa shape index (κ2) is 5.74. The highest BCUT2D eigenvalue weighted by Gasteiger charge is 2.29. The summed E-state index contributed by atoms with van der Waals surface area (Å²) in [4.78, 5) is 3.40. The van der Waals surface area contributed by atoms with E-state index in [0.717, 1.165) is 45.8 Å². The third-order valence-electron chi connectivity index (χ3n) is 4.71. The fraction of sp³-hybridized carbons (Fsp3) is 0.200. The summed E-state index contributed by atoms with van der Waals surface area (Å²) < 4.78 is 11.1. The topological polar surface area (TPSA) is 65.0 Å². The van der Waals surface area contributed by atoms with Gasteiger partial charge in [0.1, 0.15) is 30.7 Å². The van der Waals surface area contributed by atoms with E-state index in [1.807, 2.05) is 30.3 Å². The normalized spacial score (nSPS) is 23.2. The van der Waals surface area contributed by atoms with Crippen molar-refractivity contribution in [2.24, 2.45) is 0 Å². The molecule has 1 aromatic heterocycles. The summed E-state index contributed by atoms with van der Waals surface area (Å²) in [6, 6.07) is 15.9. The van der Waals surface area contributed by atoms with Gasteiger partial charge in [-0.15, -0.1) is 0 Å². The standard InChI is InChI=1S/C20H18N2O3/c23-22-10-14(9-15-8-13-4-1-2-5-17(13)21-15)20-18(22)6-3-7-19(20)25-12-16-11-24-16/h1-9,16,21-22H,10-12H2. The second-order valence-electron chi connectivity index (χ2n) is 6.53. The molecule has 5 nitrogen and oxygen atoms in total. The molecular formula is C20H18N2O3. The molecule has 2 N–H and O–H groups in total. The first-order chi connectivity index (χ1) is 12.3. The molecule has 1 saturated heterocycles. The first-order valence-electron chi connectivity index (χ1n) is 8.47. The van der Waals surface area contributed by atoms with Crippen LogP contribution in [0, 0.1) is 5.21 Å². The lowest BCUT2D eigenvalue weighted by atomic mass is 10.1. The molecule has 2 atom stereocenters. The highest BCUT2D eigenvalue weighted by molar-refractivity contribution is 5.92. The van der Waals surface area contributed by atoms with E-state index in [1.165, 1.54) is 0 Å². The summed E-state index contributed by atoms with van der Waals surface area (Å²) in [7, 11) is 0. The molecule has 0 radical (unpaired) electrons. The molecule has 3 aromatic rings. The fourth-order valence-corrected chi connectivity index (χ4v) is 3.40. The molecule has 0 amide bonds. The van der Waals surface area contributed by atoms with Crippen LogP contribution in [0.5, 0.6) is 5.75 Å². The summed E-state index contributed by atoms with van der Waals surface area (Å²) in [5, 5.41) is 13.7. The number of hydrogen-bond donors (Lipinski definition) is 2. The van der Waals surface area contributed by atoms with Crippen LogP contribution in [0.15, 0.2) is 48.5 Å². The van der Waals surface area contributed by atoms with Crippen molar-refractivity contribution < 1.29 is 14.5 Å². The van der Waals surface area contributed by atoms with Crippen molar-refractivity contribution in [1.82, 2.24) is 4.98 Å². The summed E-state index contributed by atoms with van der Waals surface area (Å²) in [5.41, 5.74) is 4.76. The van der Waals surface area contributed by atoms with E-state index in [0.29, 0.717) is 13.2 Å². The number of aromatic nitrogens is 1. The van der Waals surface area contributed by atoms with Gasteiger partial charge in [-0.1, -0.05) is 24.3 Å². The zero-order chi connectivity index (χ0) is 16.8. The van der Waals surface area contributed by atoms with Crippen molar-refractivity contribution in [3.8, 4) is 5.75 Å². The Morgan fingerprint density at radius 3 is 2.96 bits per heavy atom. The van der Waals surface area contributed by atoms with Crippen LogP contribution in [-0.2, 0) is 4.74 Å². The lowest BCUT2D eigenvalue weighted by molar-refractivity contribution is -0.762. The molecule has 0 saturated carbocycles. The molecule has 2 aromatic carbocycles. The highest BCUT2D eigenvalue weighted by atomic mass is 16.6. The third kappa shape index (κ3) is 2.72. The predicted octanol–water partition coefficient (Wildman–Crippen LogP) is 2.51. The molecule has 0 aliphatic carbocycles. The van der Waals surface area contributed by atoms with E-state index in [1.54, 1.807) is 0 Å². The number of benzene rings is 2. The molecule has 1 fully saturated rings. The summed E-state index contributed by atoms with van der Waals surface area (Å²) in [6.07, 6.45) is 2.25. The van der Waals surface area contributed by atoms with Crippen molar-refractivity contribution in [2.75, 3.05) is 19.8 Å². The van der Waals surface area contributed by atoms with Crippen LogP contribution in [0.4, 0.5) is 5.69 Å². The van der Waals surface area contributed by atoms with E-state index in [9.17, 15) is 5.21 Å². The number of para-hydroxylation sites is 1. The van der Waals surface area contributed by atoms with Gasteiger partial charge in [-0.3, -0.25) is 0 Å².